The van der Waals surface area contributed by atoms with E-state index in [9.17, 15) is 0 Å². The SMILES string of the molecule is Cc1ccccc1-n1c(C)nnc1SCc1noc(-c2ccsc2)n1. The Hall–Kier alpha value is -2.45. The number of thiophene rings is 1. The van der Waals surface area contributed by atoms with Crippen molar-refractivity contribution in [1.82, 2.24) is 24.9 Å². The molecule has 3 heterocycles. The van der Waals surface area contributed by atoms with Gasteiger partial charge in [0.2, 0.25) is 0 Å². The Kier molecular flexibility index (Phi) is 4.37. The first-order chi connectivity index (χ1) is 12.2. The van der Waals surface area contributed by atoms with E-state index >= 15 is 0 Å². The van der Waals surface area contributed by atoms with Gasteiger partial charge in [0.05, 0.1) is 17.0 Å². The summed E-state index contributed by atoms with van der Waals surface area (Å²) < 4.78 is 7.38. The summed E-state index contributed by atoms with van der Waals surface area (Å²) in [6, 6.07) is 10.2. The van der Waals surface area contributed by atoms with Gasteiger partial charge in [-0.3, -0.25) is 4.57 Å². The maximum atomic E-state index is 5.33. The predicted octanol–water partition coefficient (Wildman–Crippen LogP) is 4.29. The molecule has 126 valence electrons. The van der Waals surface area contributed by atoms with Gasteiger partial charge in [-0.2, -0.15) is 16.3 Å². The summed E-state index contributed by atoms with van der Waals surface area (Å²) in [4.78, 5) is 4.45. The molecule has 0 bridgehead atoms. The number of hydrogen-bond donors (Lipinski definition) is 0. The molecule has 1 aromatic carbocycles. The first-order valence-electron chi connectivity index (χ1n) is 7.68. The van der Waals surface area contributed by atoms with E-state index in [0.717, 1.165) is 22.2 Å². The standard InChI is InChI=1S/C17H15N5OS2/c1-11-5-3-4-6-14(11)22-12(2)19-20-17(22)25-10-15-18-16(23-21-15)13-7-8-24-9-13/h3-9H,10H2,1-2H3. The lowest BCUT2D eigenvalue weighted by Crippen LogP contribution is -2.01. The van der Waals surface area contributed by atoms with Crippen molar-refractivity contribution in [2.45, 2.75) is 24.8 Å². The smallest absolute Gasteiger partial charge is 0.258 e. The third-order valence-electron chi connectivity index (χ3n) is 3.72. The normalized spacial score (nSPS) is 11.1. The molecule has 0 atom stereocenters. The molecule has 0 unspecified atom stereocenters. The molecular weight excluding hydrogens is 354 g/mol. The Labute approximate surface area is 152 Å². The summed E-state index contributed by atoms with van der Waals surface area (Å²) in [7, 11) is 0. The van der Waals surface area contributed by atoms with E-state index in [2.05, 4.69) is 44.0 Å². The van der Waals surface area contributed by atoms with Crippen molar-refractivity contribution in [2.24, 2.45) is 0 Å². The van der Waals surface area contributed by atoms with Crippen LogP contribution in [0.4, 0.5) is 0 Å². The lowest BCUT2D eigenvalue weighted by molar-refractivity contribution is 0.425. The minimum absolute atomic E-state index is 0.549. The fourth-order valence-electron chi connectivity index (χ4n) is 2.47. The first-order valence-corrected chi connectivity index (χ1v) is 9.61. The van der Waals surface area contributed by atoms with Crippen LogP contribution in [0.2, 0.25) is 0 Å². The zero-order valence-electron chi connectivity index (χ0n) is 13.7. The predicted molar refractivity (Wildman–Crippen MR) is 98.0 cm³/mol. The molecule has 0 aliphatic rings. The second-order valence-electron chi connectivity index (χ2n) is 5.47. The molecule has 6 nitrogen and oxygen atoms in total. The van der Waals surface area contributed by atoms with Gasteiger partial charge in [-0.25, -0.2) is 0 Å². The quantitative estimate of drug-likeness (QED) is 0.489. The summed E-state index contributed by atoms with van der Waals surface area (Å²) >= 11 is 3.15. The summed E-state index contributed by atoms with van der Waals surface area (Å²) in [5.74, 6) is 2.61. The molecule has 4 rings (SSSR count). The van der Waals surface area contributed by atoms with E-state index < -0.39 is 0 Å². The highest BCUT2D eigenvalue weighted by atomic mass is 32.2. The molecule has 25 heavy (non-hydrogen) atoms. The number of aromatic nitrogens is 5. The van der Waals surface area contributed by atoms with Crippen LogP contribution in [0.15, 0.2) is 50.8 Å². The monoisotopic (exact) mass is 369 g/mol. The molecule has 0 aliphatic carbocycles. The van der Waals surface area contributed by atoms with E-state index in [1.807, 2.05) is 35.9 Å². The molecule has 0 saturated heterocycles. The van der Waals surface area contributed by atoms with Crippen molar-refractivity contribution < 1.29 is 4.52 Å². The summed E-state index contributed by atoms with van der Waals surface area (Å²) in [5.41, 5.74) is 3.21. The molecule has 3 aromatic heterocycles. The highest BCUT2D eigenvalue weighted by Crippen LogP contribution is 2.27. The Morgan fingerprint density at radius 2 is 2.04 bits per heavy atom. The summed E-state index contributed by atoms with van der Waals surface area (Å²) in [6.45, 7) is 4.03. The zero-order valence-corrected chi connectivity index (χ0v) is 15.3. The molecule has 0 fully saturated rings. The number of thioether (sulfide) groups is 1. The van der Waals surface area contributed by atoms with Crippen molar-refractivity contribution in [3.8, 4) is 17.1 Å². The average Bonchev–Trinajstić information content (AvgIpc) is 3.34. The molecule has 0 radical (unpaired) electrons. The largest absolute Gasteiger partial charge is 0.334 e. The van der Waals surface area contributed by atoms with Crippen LogP contribution in [0.5, 0.6) is 0 Å². The molecule has 0 saturated carbocycles. The average molecular weight is 369 g/mol. The van der Waals surface area contributed by atoms with Gasteiger partial charge in [0.15, 0.2) is 11.0 Å². The van der Waals surface area contributed by atoms with E-state index in [4.69, 9.17) is 4.52 Å². The highest BCUT2D eigenvalue weighted by Gasteiger charge is 2.15. The van der Waals surface area contributed by atoms with Gasteiger partial charge in [-0.05, 0) is 36.9 Å². The number of rotatable bonds is 5. The molecule has 4 aromatic rings. The summed E-state index contributed by atoms with van der Waals surface area (Å²) in [5, 5.41) is 17.4. The third-order valence-corrected chi connectivity index (χ3v) is 5.33. The highest BCUT2D eigenvalue weighted by molar-refractivity contribution is 7.98. The van der Waals surface area contributed by atoms with Crippen LogP contribution in [-0.2, 0) is 5.75 Å². The number of nitrogens with zero attached hydrogens (tertiary/aromatic N) is 5. The first kappa shape index (κ1) is 16.0. The van der Waals surface area contributed by atoms with Gasteiger partial charge in [0.1, 0.15) is 5.82 Å². The lowest BCUT2D eigenvalue weighted by atomic mass is 10.2. The van der Waals surface area contributed by atoms with Crippen molar-refractivity contribution in [2.75, 3.05) is 0 Å². The fraction of sp³-hybridized carbons (Fsp3) is 0.176. The van der Waals surface area contributed by atoms with Gasteiger partial charge in [0.25, 0.3) is 5.89 Å². The number of aryl methyl sites for hydroxylation is 2. The molecule has 0 N–H and O–H groups in total. The van der Waals surface area contributed by atoms with Crippen molar-refractivity contribution >= 4 is 23.1 Å². The fourth-order valence-corrected chi connectivity index (χ4v) is 3.94. The topological polar surface area (TPSA) is 69.6 Å². The van der Waals surface area contributed by atoms with E-state index in [1.54, 1.807) is 23.1 Å². The molecular formula is C17H15N5OS2. The molecule has 8 heteroatoms. The molecule has 0 aliphatic heterocycles. The minimum atomic E-state index is 0.549. The third kappa shape index (κ3) is 3.22. The van der Waals surface area contributed by atoms with Gasteiger partial charge < -0.3 is 4.52 Å². The number of benzene rings is 1. The molecule has 0 amide bonds. The van der Waals surface area contributed by atoms with Gasteiger partial charge in [0, 0.05) is 5.38 Å². The van der Waals surface area contributed by atoms with Crippen molar-refractivity contribution in [3.05, 3.63) is 58.3 Å². The Bertz CT molecular complexity index is 990. The van der Waals surface area contributed by atoms with Gasteiger partial charge in [-0.15, -0.1) is 10.2 Å². The minimum Gasteiger partial charge on any atom is -0.334 e. The second kappa shape index (κ2) is 6.81. The van der Waals surface area contributed by atoms with E-state index in [1.165, 1.54) is 5.56 Å². The van der Waals surface area contributed by atoms with E-state index in [0.29, 0.717) is 17.5 Å². The van der Waals surface area contributed by atoms with Crippen LogP contribution >= 0.6 is 23.1 Å². The van der Waals surface area contributed by atoms with Gasteiger partial charge >= 0.3 is 0 Å². The maximum absolute atomic E-state index is 5.33. The van der Waals surface area contributed by atoms with Crippen LogP contribution in [-0.4, -0.2) is 24.9 Å². The van der Waals surface area contributed by atoms with Crippen LogP contribution in [0, 0.1) is 13.8 Å². The molecule has 0 spiro atoms. The van der Waals surface area contributed by atoms with Crippen molar-refractivity contribution in [3.63, 3.8) is 0 Å². The Morgan fingerprint density at radius 1 is 1.16 bits per heavy atom. The Morgan fingerprint density at radius 3 is 2.84 bits per heavy atom. The second-order valence-corrected chi connectivity index (χ2v) is 7.19. The van der Waals surface area contributed by atoms with Crippen LogP contribution in [0.3, 0.4) is 0 Å². The zero-order chi connectivity index (χ0) is 17.2. The number of para-hydroxylation sites is 1. The lowest BCUT2D eigenvalue weighted by Gasteiger charge is -2.10. The van der Waals surface area contributed by atoms with Crippen LogP contribution in [0.25, 0.3) is 17.1 Å². The maximum Gasteiger partial charge on any atom is 0.258 e. The van der Waals surface area contributed by atoms with E-state index in [-0.39, 0.29) is 0 Å². The van der Waals surface area contributed by atoms with Crippen molar-refractivity contribution in [1.29, 1.82) is 0 Å². The van der Waals surface area contributed by atoms with Crippen LogP contribution < -0.4 is 0 Å². The van der Waals surface area contributed by atoms with Gasteiger partial charge in [-0.1, -0.05) is 35.1 Å². The summed E-state index contributed by atoms with van der Waals surface area (Å²) in [6.07, 6.45) is 0. The number of hydrogen-bond acceptors (Lipinski definition) is 7. The van der Waals surface area contributed by atoms with Crippen LogP contribution in [0.1, 0.15) is 17.2 Å². The Balaban J connectivity index is 1.56.